The van der Waals surface area contributed by atoms with E-state index in [0.29, 0.717) is 6.04 Å². The quantitative estimate of drug-likeness (QED) is 0.785. The van der Waals surface area contributed by atoms with Gasteiger partial charge in [0.1, 0.15) is 0 Å². The van der Waals surface area contributed by atoms with Gasteiger partial charge in [-0.2, -0.15) is 0 Å². The molecule has 17 heavy (non-hydrogen) atoms. The van der Waals surface area contributed by atoms with Crippen LogP contribution in [0.25, 0.3) is 0 Å². The first-order valence-electron chi connectivity index (χ1n) is 7.44. The van der Waals surface area contributed by atoms with Gasteiger partial charge in [0.15, 0.2) is 0 Å². The Labute approximate surface area is 105 Å². The van der Waals surface area contributed by atoms with Crippen molar-refractivity contribution in [2.75, 3.05) is 26.7 Å². The largest absolute Gasteiger partial charge is 0.327 e. The Hall–Kier alpha value is -0.120. The van der Waals surface area contributed by atoms with E-state index < -0.39 is 0 Å². The Balaban J connectivity index is 1.58. The zero-order valence-corrected chi connectivity index (χ0v) is 11.1. The zero-order valence-electron chi connectivity index (χ0n) is 11.1. The van der Waals surface area contributed by atoms with Crippen LogP contribution >= 0.6 is 0 Å². The summed E-state index contributed by atoms with van der Waals surface area (Å²) < 4.78 is 0. The highest BCUT2D eigenvalue weighted by molar-refractivity contribution is 4.92. The lowest BCUT2D eigenvalue weighted by Crippen LogP contribution is -2.41. The average Bonchev–Trinajstić information content (AvgIpc) is 2.78. The Bertz CT molecular complexity index is 268. The van der Waals surface area contributed by atoms with Crippen molar-refractivity contribution in [3.8, 4) is 0 Å². The molecule has 1 aliphatic carbocycles. The summed E-state index contributed by atoms with van der Waals surface area (Å²) in [6, 6.07) is 2.16. The topological polar surface area (TPSA) is 32.5 Å². The standard InChI is InChI=1S/C14H27N3/c1-16-12-5-6-13(16)10-17(8-7-12)9-11-3-2-4-14(11)15/h11-14H,2-10,15H2,1H3. The van der Waals surface area contributed by atoms with Crippen molar-refractivity contribution >= 4 is 0 Å². The molecule has 3 fully saturated rings. The molecule has 2 heterocycles. The molecule has 0 aromatic carbocycles. The predicted octanol–water partition coefficient (Wildman–Crippen LogP) is 1.28. The van der Waals surface area contributed by atoms with E-state index >= 15 is 0 Å². The fourth-order valence-corrected chi connectivity index (χ4v) is 4.17. The van der Waals surface area contributed by atoms with Crippen molar-refractivity contribution in [1.29, 1.82) is 0 Å². The lowest BCUT2D eigenvalue weighted by Gasteiger charge is -2.29. The van der Waals surface area contributed by atoms with E-state index in [1.165, 1.54) is 58.2 Å². The summed E-state index contributed by atoms with van der Waals surface area (Å²) in [5, 5.41) is 0. The van der Waals surface area contributed by atoms with Crippen LogP contribution in [0.1, 0.15) is 38.5 Å². The molecule has 1 saturated carbocycles. The molecule has 98 valence electrons. The third-order valence-corrected chi connectivity index (χ3v) is 5.44. The Morgan fingerprint density at radius 2 is 1.88 bits per heavy atom. The van der Waals surface area contributed by atoms with E-state index in [4.69, 9.17) is 5.73 Å². The highest BCUT2D eigenvalue weighted by Crippen LogP contribution is 2.30. The Kier molecular flexibility index (Phi) is 3.42. The molecule has 4 unspecified atom stereocenters. The van der Waals surface area contributed by atoms with Crippen LogP contribution in [0.5, 0.6) is 0 Å². The molecule has 0 spiro atoms. The zero-order chi connectivity index (χ0) is 11.8. The number of rotatable bonds is 2. The SMILES string of the molecule is CN1C2CCC1CN(CC1CCCC1N)CC2. The van der Waals surface area contributed by atoms with Crippen LogP contribution in [0.4, 0.5) is 0 Å². The molecule has 3 aliphatic rings. The van der Waals surface area contributed by atoms with Crippen LogP contribution in [0, 0.1) is 5.92 Å². The maximum absolute atomic E-state index is 6.20. The van der Waals surface area contributed by atoms with E-state index in [1.807, 2.05) is 0 Å². The first kappa shape index (κ1) is 11.9. The van der Waals surface area contributed by atoms with E-state index in [2.05, 4.69) is 16.8 Å². The summed E-state index contributed by atoms with van der Waals surface area (Å²) in [5.41, 5.74) is 6.20. The van der Waals surface area contributed by atoms with Crippen molar-refractivity contribution in [3.63, 3.8) is 0 Å². The second-order valence-corrected chi connectivity index (χ2v) is 6.45. The molecule has 0 amide bonds. The number of likely N-dealkylation sites (tertiary alicyclic amines) is 1. The Morgan fingerprint density at radius 1 is 1.06 bits per heavy atom. The van der Waals surface area contributed by atoms with Crippen LogP contribution in [0.15, 0.2) is 0 Å². The Morgan fingerprint density at radius 3 is 2.65 bits per heavy atom. The summed E-state index contributed by atoms with van der Waals surface area (Å²) >= 11 is 0. The molecule has 0 radical (unpaired) electrons. The maximum Gasteiger partial charge on any atom is 0.0223 e. The molecule has 3 heteroatoms. The fraction of sp³-hybridized carbons (Fsp3) is 1.00. The van der Waals surface area contributed by atoms with Gasteiger partial charge in [-0.3, -0.25) is 4.90 Å². The minimum atomic E-state index is 0.480. The summed E-state index contributed by atoms with van der Waals surface area (Å²) in [4.78, 5) is 5.34. The van der Waals surface area contributed by atoms with Gasteiger partial charge in [0.25, 0.3) is 0 Å². The van der Waals surface area contributed by atoms with Gasteiger partial charge in [-0.25, -0.2) is 0 Å². The van der Waals surface area contributed by atoms with E-state index in [0.717, 1.165) is 18.0 Å². The molecule has 2 bridgehead atoms. The summed E-state index contributed by atoms with van der Waals surface area (Å²) in [5.74, 6) is 0.775. The third kappa shape index (κ3) is 2.38. The fourth-order valence-electron chi connectivity index (χ4n) is 4.17. The highest BCUT2D eigenvalue weighted by atomic mass is 15.3. The van der Waals surface area contributed by atoms with Crippen molar-refractivity contribution < 1.29 is 0 Å². The second-order valence-electron chi connectivity index (χ2n) is 6.45. The molecule has 2 aliphatic heterocycles. The highest BCUT2D eigenvalue weighted by Gasteiger charge is 2.35. The minimum absolute atomic E-state index is 0.480. The summed E-state index contributed by atoms with van der Waals surface area (Å²) in [7, 11) is 2.33. The van der Waals surface area contributed by atoms with Crippen LogP contribution in [0.3, 0.4) is 0 Å². The molecule has 2 saturated heterocycles. The molecule has 2 N–H and O–H groups in total. The maximum atomic E-state index is 6.20. The molecule has 0 aromatic heterocycles. The predicted molar refractivity (Wildman–Crippen MR) is 70.9 cm³/mol. The van der Waals surface area contributed by atoms with Gasteiger partial charge in [-0.05, 0) is 51.6 Å². The molecule has 4 atom stereocenters. The lowest BCUT2D eigenvalue weighted by atomic mass is 10.0. The van der Waals surface area contributed by atoms with Gasteiger partial charge in [-0.1, -0.05) is 6.42 Å². The van der Waals surface area contributed by atoms with Gasteiger partial charge >= 0.3 is 0 Å². The number of nitrogens with two attached hydrogens (primary N) is 1. The smallest absolute Gasteiger partial charge is 0.0223 e. The first-order valence-corrected chi connectivity index (χ1v) is 7.44. The van der Waals surface area contributed by atoms with Gasteiger partial charge < -0.3 is 10.6 Å². The molecule has 0 aromatic rings. The van der Waals surface area contributed by atoms with Crippen LogP contribution < -0.4 is 5.73 Å². The van der Waals surface area contributed by atoms with Gasteiger partial charge in [0.05, 0.1) is 0 Å². The second kappa shape index (κ2) is 4.87. The van der Waals surface area contributed by atoms with E-state index in [1.54, 1.807) is 0 Å². The minimum Gasteiger partial charge on any atom is -0.327 e. The lowest BCUT2D eigenvalue weighted by molar-refractivity contribution is 0.193. The van der Waals surface area contributed by atoms with Crippen molar-refractivity contribution in [2.24, 2.45) is 11.7 Å². The van der Waals surface area contributed by atoms with E-state index in [9.17, 15) is 0 Å². The van der Waals surface area contributed by atoms with Crippen molar-refractivity contribution in [3.05, 3.63) is 0 Å². The number of likely N-dealkylation sites (N-methyl/N-ethyl adjacent to an activating group) is 1. The normalized spacial score (nSPS) is 44.1. The van der Waals surface area contributed by atoms with Crippen LogP contribution in [-0.2, 0) is 0 Å². The van der Waals surface area contributed by atoms with Gasteiger partial charge in [0, 0.05) is 31.2 Å². The van der Waals surface area contributed by atoms with E-state index in [-0.39, 0.29) is 0 Å². The molecular formula is C14H27N3. The summed E-state index contributed by atoms with van der Waals surface area (Å²) in [6.07, 6.45) is 8.18. The third-order valence-electron chi connectivity index (χ3n) is 5.44. The van der Waals surface area contributed by atoms with Crippen LogP contribution in [0.2, 0.25) is 0 Å². The molecule has 3 rings (SSSR count). The number of hydrogen-bond donors (Lipinski definition) is 1. The molecular weight excluding hydrogens is 210 g/mol. The monoisotopic (exact) mass is 237 g/mol. The molecule has 3 nitrogen and oxygen atoms in total. The number of fused-ring (bicyclic) bond motifs is 2. The first-order chi connectivity index (χ1) is 8.24. The summed E-state index contributed by atoms with van der Waals surface area (Å²) in [6.45, 7) is 3.85. The average molecular weight is 237 g/mol. The van der Waals surface area contributed by atoms with Gasteiger partial charge in [-0.15, -0.1) is 0 Å². The van der Waals surface area contributed by atoms with Crippen molar-refractivity contribution in [2.45, 2.75) is 56.7 Å². The number of hydrogen-bond acceptors (Lipinski definition) is 3. The number of nitrogens with zero attached hydrogens (tertiary/aromatic N) is 2. The van der Waals surface area contributed by atoms with Crippen LogP contribution in [-0.4, -0.2) is 54.6 Å². The van der Waals surface area contributed by atoms with Gasteiger partial charge in [0.2, 0.25) is 0 Å². The van der Waals surface area contributed by atoms with Crippen molar-refractivity contribution in [1.82, 2.24) is 9.80 Å².